The molecule has 0 saturated carbocycles. The summed E-state index contributed by atoms with van der Waals surface area (Å²) in [5.74, 6) is -0.663. The third-order valence-electron chi connectivity index (χ3n) is 1.90. The first-order chi connectivity index (χ1) is 6.94. The Labute approximate surface area is 88.5 Å². The molecule has 0 saturated heterocycles. The molecule has 0 fully saturated rings. The van der Waals surface area contributed by atoms with Crippen molar-refractivity contribution in [1.29, 1.82) is 0 Å². The van der Waals surface area contributed by atoms with Crippen LogP contribution < -0.4 is 0 Å². The molecule has 0 N–H and O–H groups in total. The Morgan fingerprint density at radius 3 is 2.40 bits per heavy atom. The van der Waals surface area contributed by atoms with Crippen LogP contribution >= 0.6 is 0 Å². The quantitative estimate of drug-likeness (QED) is 0.779. The lowest BCUT2D eigenvalue weighted by molar-refractivity contribution is 0.100. The lowest BCUT2D eigenvalue weighted by atomic mass is 10.2. The molecule has 15 heavy (non-hydrogen) atoms. The minimum atomic E-state index is -2.45. The first-order valence-electron chi connectivity index (χ1n) is 4.44. The average molecular weight is 229 g/mol. The summed E-state index contributed by atoms with van der Waals surface area (Å²) >= 11 is 0. The van der Waals surface area contributed by atoms with Crippen LogP contribution in [0.3, 0.4) is 0 Å². The Hall–Kier alpha value is -1.23. The van der Waals surface area contributed by atoms with Gasteiger partial charge in [-0.05, 0) is 24.3 Å². The second-order valence-corrected chi connectivity index (χ2v) is 5.83. The van der Waals surface area contributed by atoms with Crippen LogP contribution in [0.1, 0.15) is 17.3 Å². The first-order valence-corrected chi connectivity index (χ1v) is 6.53. The van der Waals surface area contributed by atoms with E-state index in [1.807, 2.05) is 0 Å². The molecule has 0 heterocycles. The number of amides is 1. The van der Waals surface area contributed by atoms with Gasteiger partial charge in [0.2, 0.25) is 0 Å². The van der Waals surface area contributed by atoms with Gasteiger partial charge >= 0.3 is 0 Å². The maximum Gasteiger partial charge on any atom is 0.285 e. The Kier molecular flexibility index (Phi) is 3.57. The Morgan fingerprint density at radius 2 is 1.93 bits per heavy atom. The topological polar surface area (TPSA) is 46.5 Å². The summed E-state index contributed by atoms with van der Waals surface area (Å²) < 4.78 is 27.7. The summed E-state index contributed by atoms with van der Waals surface area (Å²) in [6.45, 7) is 1.70. The fourth-order valence-electron chi connectivity index (χ4n) is 0.885. The van der Waals surface area contributed by atoms with Crippen molar-refractivity contribution < 1.29 is 13.4 Å². The number of carbonyl (C=O) groups is 1. The summed E-state index contributed by atoms with van der Waals surface area (Å²) in [5.41, 5.74) is 0.249. The minimum absolute atomic E-state index is 0.249. The zero-order valence-corrected chi connectivity index (χ0v) is 9.38. The molecular weight excluding hydrogens is 217 g/mol. The van der Waals surface area contributed by atoms with Crippen LogP contribution in [0.2, 0.25) is 0 Å². The van der Waals surface area contributed by atoms with Crippen molar-refractivity contribution in [1.82, 2.24) is 0 Å². The molecule has 82 valence electrons. The van der Waals surface area contributed by atoms with E-state index in [4.69, 9.17) is 0 Å². The number of carbonyl (C=O) groups excluding carboxylic acids is 1. The van der Waals surface area contributed by atoms with Crippen molar-refractivity contribution >= 4 is 15.6 Å². The number of hydrogen-bond acceptors (Lipinski definition) is 2. The highest BCUT2D eigenvalue weighted by atomic mass is 32.2. The summed E-state index contributed by atoms with van der Waals surface area (Å²) in [6.07, 6.45) is 1.43. The fraction of sp³-hybridized carbons (Fsp3) is 0.300. The summed E-state index contributed by atoms with van der Waals surface area (Å²) in [6, 6.07) is 5.00. The van der Waals surface area contributed by atoms with E-state index < -0.39 is 21.5 Å². The molecule has 1 atom stereocenters. The van der Waals surface area contributed by atoms with Gasteiger partial charge < -0.3 is 0 Å². The van der Waals surface area contributed by atoms with Gasteiger partial charge in [0.05, 0.1) is 9.73 Å². The molecule has 3 nitrogen and oxygen atoms in total. The van der Waals surface area contributed by atoms with Gasteiger partial charge in [-0.1, -0.05) is 6.92 Å². The Morgan fingerprint density at radius 1 is 1.40 bits per heavy atom. The smallest absolute Gasteiger partial charge is 0.266 e. The van der Waals surface area contributed by atoms with Crippen LogP contribution in [0.15, 0.2) is 28.6 Å². The van der Waals surface area contributed by atoms with Crippen LogP contribution in [-0.2, 0) is 9.73 Å². The van der Waals surface area contributed by atoms with E-state index in [2.05, 4.69) is 4.36 Å². The van der Waals surface area contributed by atoms with Crippen molar-refractivity contribution in [2.45, 2.75) is 6.92 Å². The monoisotopic (exact) mass is 229 g/mol. The molecule has 1 amide bonds. The van der Waals surface area contributed by atoms with Crippen LogP contribution in [-0.4, -0.2) is 22.1 Å². The number of halogens is 1. The van der Waals surface area contributed by atoms with Crippen molar-refractivity contribution in [3.63, 3.8) is 0 Å². The van der Waals surface area contributed by atoms with E-state index >= 15 is 0 Å². The van der Waals surface area contributed by atoms with Crippen molar-refractivity contribution in [2.24, 2.45) is 4.36 Å². The second kappa shape index (κ2) is 4.53. The maximum absolute atomic E-state index is 12.6. The largest absolute Gasteiger partial charge is 0.285 e. The molecule has 1 aromatic carbocycles. The highest BCUT2D eigenvalue weighted by Crippen LogP contribution is 2.06. The van der Waals surface area contributed by atoms with Crippen molar-refractivity contribution in [3.8, 4) is 0 Å². The Balaban J connectivity index is 3.02. The van der Waals surface area contributed by atoms with Crippen LogP contribution in [0.25, 0.3) is 0 Å². The van der Waals surface area contributed by atoms with Crippen LogP contribution in [0.5, 0.6) is 0 Å². The molecule has 1 aromatic rings. The van der Waals surface area contributed by atoms with Gasteiger partial charge in [0.25, 0.3) is 5.91 Å². The van der Waals surface area contributed by atoms with Gasteiger partial charge in [0, 0.05) is 17.6 Å². The molecule has 5 heteroatoms. The molecule has 1 rings (SSSR count). The SMILES string of the molecule is CCS(C)(=O)=NC(=O)c1ccc(F)cc1. The van der Waals surface area contributed by atoms with E-state index in [0.717, 1.165) is 0 Å². The molecule has 0 spiro atoms. The zero-order valence-electron chi connectivity index (χ0n) is 8.57. The van der Waals surface area contributed by atoms with Gasteiger partial charge in [0.1, 0.15) is 5.82 Å². The van der Waals surface area contributed by atoms with Crippen molar-refractivity contribution in [3.05, 3.63) is 35.6 Å². The molecule has 0 aliphatic carbocycles. The van der Waals surface area contributed by atoms with Crippen LogP contribution in [0.4, 0.5) is 4.39 Å². The fourth-order valence-corrected chi connectivity index (χ4v) is 1.47. The average Bonchev–Trinajstić information content (AvgIpc) is 2.18. The molecule has 1 unspecified atom stereocenters. The van der Waals surface area contributed by atoms with Gasteiger partial charge in [-0.2, -0.15) is 4.36 Å². The summed E-state index contributed by atoms with van der Waals surface area (Å²) in [7, 11) is -2.45. The van der Waals surface area contributed by atoms with Crippen LogP contribution in [0, 0.1) is 5.82 Å². The van der Waals surface area contributed by atoms with Crippen molar-refractivity contribution in [2.75, 3.05) is 12.0 Å². The van der Waals surface area contributed by atoms with Gasteiger partial charge in [-0.25, -0.2) is 8.60 Å². The maximum atomic E-state index is 12.6. The summed E-state index contributed by atoms with van der Waals surface area (Å²) in [4.78, 5) is 11.5. The third kappa shape index (κ3) is 3.43. The minimum Gasteiger partial charge on any atom is -0.266 e. The summed E-state index contributed by atoms with van der Waals surface area (Å²) in [5, 5.41) is 0. The standard InChI is InChI=1S/C10H12FNO2S/c1-3-15(2,14)12-10(13)8-4-6-9(11)7-5-8/h4-7H,3H2,1-2H3. The number of hydrogen-bond donors (Lipinski definition) is 0. The predicted molar refractivity (Wildman–Crippen MR) is 57.8 cm³/mol. The van der Waals surface area contributed by atoms with Gasteiger partial charge in [-0.15, -0.1) is 0 Å². The van der Waals surface area contributed by atoms with Gasteiger partial charge in [0.15, 0.2) is 0 Å². The molecule has 0 bridgehead atoms. The van der Waals surface area contributed by atoms with E-state index in [0.29, 0.717) is 5.75 Å². The van der Waals surface area contributed by atoms with E-state index in [-0.39, 0.29) is 5.56 Å². The Bertz CT molecular complexity index is 473. The third-order valence-corrected chi connectivity index (χ3v) is 3.53. The lowest BCUT2D eigenvalue weighted by Crippen LogP contribution is -2.05. The molecular formula is C10H12FNO2S. The number of rotatable bonds is 2. The zero-order chi connectivity index (χ0) is 11.5. The highest BCUT2D eigenvalue weighted by molar-refractivity contribution is 7.93. The lowest BCUT2D eigenvalue weighted by Gasteiger charge is -1.99. The number of benzene rings is 1. The second-order valence-electron chi connectivity index (χ2n) is 3.15. The number of nitrogens with zero attached hydrogens (tertiary/aromatic N) is 1. The molecule has 0 aliphatic heterocycles. The molecule has 0 aromatic heterocycles. The van der Waals surface area contributed by atoms with E-state index in [9.17, 15) is 13.4 Å². The predicted octanol–water partition coefficient (Wildman–Crippen LogP) is 2.08. The normalized spacial score (nSPS) is 14.3. The molecule has 0 radical (unpaired) electrons. The van der Waals surface area contributed by atoms with Gasteiger partial charge in [-0.3, -0.25) is 4.79 Å². The first kappa shape index (κ1) is 11.8. The molecule has 0 aliphatic rings. The van der Waals surface area contributed by atoms with E-state index in [1.165, 1.54) is 30.5 Å². The van der Waals surface area contributed by atoms with E-state index in [1.54, 1.807) is 6.92 Å². The highest BCUT2D eigenvalue weighted by Gasteiger charge is 2.07.